The summed E-state index contributed by atoms with van der Waals surface area (Å²) < 4.78 is 32.9. The first-order valence-corrected chi connectivity index (χ1v) is 8.08. The molecule has 1 aliphatic rings. The van der Waals surface area contributed by atoms with Gasteiger partial charge in [0.1, 0.15) is 22.3 Å². The molecule has 8 heteroatoms. The number of nitrogens with zero attached hydrogens (tertiary/aromatic N) is 1. The lowest BCUT2D eigenvalue weighted by molar-refractivity contribution is 0.0265. The number of nitrogens with two attached hydrogens (primary N) is 1. The molecule has 0 unspecified atom stereocenters. The van der Waals surface area contributed by atoms with Crippen molar-refractivity contribution in [2.24, 2.45) is 0 Å². The third kappa shape index (κ3) is 4.28. The first kappa shape index (κ1) is 19.2. The van der Waals surface area contributed by atoms with Crippen LogP contribution in [0.3, 0.4) is 0 Å². The van der Waals surface area contributed by atoms with Crippen molar-refractivity contribution in [1.82, 2.24) is 4.90 Å². The van der Waals surface area contributed by atoms with E-state index in [1.807, 2.05) is 0 Å². The van der Waals surface area contributed by atoms with Gasteiger partial charge in [-0.1, -0.05) is 17.7 Å². The zero-order valence-corrected chi connectivity index (χ0v) is 15.0. The van der Waals surface area contributed by atoms with Crippen LogP contribution in [0.15, 0.2) is 17.7 Å². The molecule has 2 rings (SSSR count). The van der Waals surface area contributed by atoms with Crippen LogP contribution in [-0.2, 0) is 4.74 Å². The van der Waals surface area contributed by atoms with E-state index < -0.39 is 28.4 Å². The van der Waals surface area contributed by atoms with Gasteiger partial charge in [-0.2, -0.15) is 0 Å². The van der Waals surface area contributed by atoms with Crippen LogP contribution in [0.2, 0.25) is 5.02 Å². The topological polar surface area (TPSA) is 79.4 Å². The molecule has 0 saturated heterocycles. The number of benzene rings is 1. The van der Waals surface area contributed by atoms with Gasteiger partial charge in [0.15, 0.2) is 0 Å². The van der Waals surface area contributed by atoms with E-state index in [0.717, 1.165) is 0 Å². The Morgan fingerprint density at radius 1 is 1.36 bits per heavy atom. The summed E-state index contributed by atoms with van der Waals surface area (Å²) in [4.78, 5) is 13.6. The van der Waals surface area contributed by atoms with Gasteiger partial charge in [0.2, 0.25) is 0 Å². The van der Waals surface area contributed by atoms with Crippen molar-refractivity contribution < 1.29 is 18.3 Å². The zero-order valence-electron chi connectivity index (χ0n) is 14.3. The number of amides is 1. The largest absolute Gasteiger partial charge is 0.444 e. The van der Waals surface area contributed by atoms with Crippen LogP contribution < -0.4 is 5.73 Å². The molecule has 1 aliphatic heterocycles. The fourth-order valence-corrected chi connectivity index (χ4v) is 2.58. The van der Waals surface area contributed by atoms with Gasteiger partial charge in [-0.15, -0.1) is 0 Å². The molecule has 0 fully saturated rings. The van der Waals surface area contributed by atoms with Crippen LogP contribution in [0, 0.1) is 17.0 Å². The van der Waals surface area contributed by atoms with E-state index in [1.54, 1.807) is 26.8 Å². The van der Waals surface area contributed by atoms with E-state index in [-0.39, 0.29) is 23.5 Å². The second-order valence-electron chi connectivity index (χ2n) is 6.74. The Bertz CT molecular complexity index is 757. The average molecular weight is 372 g/mol. The Balaban J connectivity index is 2.25. The molecule has 5 nitrogen and oxygen atoms in total. The van der Waals surface area contributed by atoms with Gasteiger partial charge in [0.05, 0.1) is 23.5 Å². The van der Waals surface area contributed by atoms with Gasteiger partial charge in [-0.25, -0.2) is 13.6 Å². The maximum Gasteiger partial charge on any atom is 0.410 e. The Morgan fingerprint density at radius 3 is 2.60 bits per heavy atom. The number of nitrogens with one attached hydrogen (secondary N) is 1. The summed E-state index contributed by atoms with van der Waals surface area (Å²) in [5.74, 6) is -1.96. The van der Waals surface area contributed by atoms with E-state index in [4.69, 9.17) is 27.5 Å². The van der Waals surface area contributed by atoms with Gasteiger partial charge in [0, 0.05) is 12.6 Å². The van der Waals surface area contributed by atoms with Crippen molar-refractivity contribution in [2.75, 3.05) is 18.8 Å². The minimum absolute atomic E-state index is 0.0711. The van der Waals surface area contributed by atoms with E-state index in [2.05, 4.69) is 0 Å². The van der Waals surface area contributed by atoms with Crippen LogP contribution in [-0.4, -0.2) is 35.4 Å². The Kier molecular flexibility index (Phi) is 5.37. The molecule has 0 aliphatic carbocycles. The molecule has 1 aromatic carbocycles. The summed E-state index contributed by atoms with van der Waals surface area (Å²) in [5.41, 5.74) is 4.59. The Labute approximate surface area is 149 Å². The summed E-state index contributed by atoms with van der Waals surface area (Å²) in [6, 6.07) is 0.595. The van der Waals surface area contributed by atoms with Crippen LogP contribution >= 0.6 is 11.6 Å². The maximum absolute atomic E-state index is 14.1. The van der Waals surface area contributed by atoms with Crippen molar-refractivity contribution in [1.29, 1.82) is 5.41 Å². The first-order chi connectivity index (χ1) is 11.5. The molecule has 0 saturated carbocycles. The molecule has 1 aromatic rings. The number of carbonyl (C=O) groups is 1. The standard InChI is InChI=1S/C17H20ClF2N3O2/c1-17(2,3)25-16(24)23-6-4-5-9(8-23)14(21)12-10(19)7-11(20)13(18)15(12)22/h5,7,21H,4,6,8,22H2,1-3H3. The van der Waals surface area contributed by atoms with Crippen molar-refractivity contribution in [3.63, 3.8) is 0 Å². The van der Waals surface area contributed by atoms with Crippen molar-refractivity contribution in [3.8, 4) is 0 Å². The summed E-state index contributed by atoms with van der Waals surface area (Å²) >= 11 is 5.72. The van der Waals surface area contributed by atoms with Gasteiger partial charge in [-0.05, 0) is 32.8 Å². The zero-order chi connectivity index (χ0) is 18.9. The quantitative estimate of drug-likeness (QED) is 0.466. The van der Waals surface area contributed by atoms with E-state index in [1.165, 1.54) is 4.90 Å². The van der Waals surface area contributed by atoms with Crippen LogP contribution in [0.4, 0.5) is 19.3 Å². The monoisotopic (exact) mass is 371 g/mol. The highest BCUT2D eigenvalue weighted by atomic mass is 35.5. The molecule has 1 heterocycles. The fraction of sp³-hybridized carbons (Fsp3) is 0.412. The second kappa shape index (κ2) is 7.00. The summed E-state index contributed by atoms with van der Waals surface area (Å²) in [6.07, 6.45) is 1.68. The summed E-state index contributed by atoms with van der Waals surface area (Å²) in [7, 11) is 0. The van der Waals surface area contributed by atoms with Gasteiger partial charge >= 0.3 is 6.09 Å². The Morgan fingerprint density at radius 2 is 2.00 bits per heavy atom. The number of rotatable bonds is 2. The van der Waals surface area contributed by atoms with Crippen molar-refractivity contribution in [2.45, 2.75) is 32.8 Å². The van der Waals surface area contributed by atoms with E-state index >= 15 is 0 Å². The molecule has 3 N–H and O–H groups in total. The third-order valence-corrected chi connectivity index (χ3v) is 3.97. The summed E-state index contributed by atoms with van der Waals surface area (Å²) in [5, 5.41) is 7.81. The molecule has 0 atom stereocenters. The van der Waals surface area contributed by atoms with Crippen molar-refractivity contribution >= 4 is 29.1 Å². The highest BCUT2D eigenvalue weighted by molar-refractivity contribution is 6.34. The smallest absolute Gasteiger partial charge is 0.410 e. The number of hydrogen-bond donors (Lipinski definition) is 2. The lowest BCUT2D eigenvalue weighted by atomic mass is 9.97. The molecule has 1 amide bonds. The fourth-order valence-electron chi connectivity index (χ4n) is 2.44. The second-order valence-corrected chi connectivity index (χ2v) is 7.12. The minimum Gasteiger partial charge on any atom is -0.444 e. The number of ether oxygens (including phenoxy) is 1. The minimum atomic E-state index is -0.985. The molecular weight excluding hydrogens is 352 g/mol. The molecule has 0 aromatic heterocycles. The number of nitrogen functional groups attached to an aromatic ring is 1. The van der Waals surface area contributed by atoms with Gasteiger partial charge < -0.3 is 15.4 Å². The first-order valence-electron chi connectivity index (χ1n) is 7.70. The van der Waals surface area contributed by atoms with Crippen LogP contribution in [0.5, 0.6) is 0 Å². The number of anilines is 1. The van der Waals surface area contributed by atoms with Crippen LogP contribution in [0.1, 0.15) is 32.8 Å². The Hall–Kier alpha value is -2.15. The van der Waals surface area contributed by atoms with E-state index in [9.17, 15) is 13.6 Å². The molecule has 0 spiro atoms. The summed E-state index contributed by atoms with van der Waals surface area (Å²) in [6.45, 7) is 5.76. The highest BCUT2D eigenvalue weighted by Crippen LogP contribution is 2.31. The number of halogens is 3. The number of carbonyl (C=O) groups excluding carboxylic acids is 1. The van der Waals surface area contributed by atoms with Crippen LogP contribution in [0.25, 0.3) is 0 Å². The predicted molar refractivity (Wildman–Crippen MR) is 93.1 cm³/mol. The molecular formula is C17H20ClF2N3O2. The molecule has 25 heavy (non-hydrogen) atoms. The third-order valence-electron chi connectivity index (χ3n) is 3.58. The van der Waals surface area contributed by atoms with Gasteiger partial charge in [0.25, 0.3) is 0 Å². The molecule has 0 bridgehead atoms. The normalized spacial score (nSPS) is 15.0. The lowest BCUT2D eigenvalue weighted by Gasteiger charge is -2.30. The predicted octanol–water partition coefficient (Wildman–Crippen LogP) is 4.14. The molecule has 0 radical (unpaired) electrons. The van der Waals surface area contributed by atoms with Gasteiger partial charge in [-0.3, -0.25) is 5.41 Å². The highest BCUT2D eigenvalue weighted by Gasteiger charge is 2.28. The SMILES string of the molecule is CC(C)(C)OC(=O)N1CCC=C(C(=N)c2c(F)cc(F)c(Cl)c2N)C1. The number of hydrogen-bond acceptors (Lipinski definition) is 4. The maximum atomic E-state index is 14.1. The van der Waals surface area contributed by atoms with E-state index in [0.29, 0.717) is 24.6 Å². The van der Waals surface area contributed by atoms with Crippen molar-refractivity contribution in [3.05, 3.63) is 39.9 Å². The lowest BCUT2D eigenvalue weighted by Crippen LogP contribution is -2.41. The molecule has 136 valence electrons. The average Bonchev–Trinajstić information content (AvgIpc) is 2.51.